The maximum atomic E-state index is 13.9. The molecule has 7 nitrogen and oxygen atoms in total. The van der Waals surface area contributed by atoms with E-state index < -0.39 is 40.0 Å². The number of amides is 2. The number of halogens is 2. The van der Waals surface area contributed by atoms with Gasteiger partial charge < -0.3 is 10.2 Å². The Labute approximate surface area is 146 Å². The third-order valence-electron chi connectivity index (χ3n) is 4.05. The summed E-state index contributed by atoms with van der Waals surface area (Å²) in [7, 11) is 0. The average molecular weight is 361 g/mol. The number of carbonyl (C=O) groups is 2. The molecule has 0 bridgehead atoms. The lowest BCUT2D eigenvalue weighted by atomic mass is 10.1. The molecule has 1 saturated heterocycles. The van der Waals surface area contributed by atoms with Gasteiger partial charge in [0, 0.05) is 24.7 Å². The highest BCUT2D eigenvalue weighted by Crippen LogP contribution is 2.28. The Kier molecular flexibility index (Phi) is 4.61. The summed E-state index contributed by atoms with van der Waals surface area (Å²) in [5, 5.41) is 13.2. The monoisotopic (exact) mass is 361 g/mol. The van der Waals surface area contributed by atoms with Gasteiger partial charge in [-0.15, -0.1) is 0 Å². The molecule has 2 aromatic carbocycles. The number of nitro benzene ring substituents is 1. The van der Waals surface area contributed by atoms with Gasteiger partial charge in [-0.25, -0.2) is 4.39 Å². The van der Waals surface area contributed by atoms with E-state index in [1.165, 1.54) is 29.2 Å². The van der Waals surface area contributed by atoms with Crippen LogP contribution in [0.3, 0.4) is 0 Å². The van der Waals surface area contributed by atoms with Gasteiger partial charge in [-0.05, 0) is 24.3 Å². The summed E-state index contributed by atoms with van der Waals surface area (Å²) in [4.78, 5) is 35.5. The van der Waals surface area contributed by atoms with Crippen LogP contribution in [0.4, 0.5) is 25.8 Å². The first-order chi connectivity index (χ1) is 12.4. The van der Waals surface area contributed by atoms with Crippen molar-refractivity contribution in [1.29, 1.82) is 0 Å². The SMILES string of the molecule is O=C(Nc1ccc(F)c([N+](=O)[O-])c1)C1CC(=O)N(c2ccccc2F)C1. The Hall–Kier alpha value is -3.36. The van der Waals surface area contributed by atoms with Crippen molar-refractivity contribution < 1.29 is 23.3 Å². The van der Waals surface area contributed by atoms with Crippen molar-refractivity contribution in [2.75, 3.05) is 16.8 Å². The van der Waals surface area contributed by atoms with Gasteiger partial charge in [0.25, 0.3) is 0 Å². The second-order valence-corrected chi connectivity index (χ2v) is 5.77. The van der Waals surface area contributed by atoms with Crippen LogP contribution in [0, 0.1) is 27.7 Å². The Morgan fingerprint density at radius 2 is 1.92 bits per heavy atom. The molecule has 1 aliphatic rings. The molecule has 2 amide bonds. The molecule has 9 heteroatoms. The largest absolute Gasteiger partial charge is 0.326 e. The minimum atomic E-state index is -1.02. The minimum absolute atomic E-state index is 0.0190. The first-order valence-corrected chi connectivity index (χ1v) is 7.66. The fraction of sp³-hybridized carbons (Fsp3) is 0.176. The number of anilines is 2. The van der Waals surface area contributed by atoms with E-state index in [0.29, 0.717) is 0 Å². The van der Waals surface area contributed by atoms with Gasteiger partial charge in [0.2, 0.25) is 17.6 Å². The van der Waals surface area contributed by atoms with Crippen LogP contribution in [-0.2, 0) is 9.59 Å². The Morgan fingerprint density at radius 1 is 1.19 bits per heavy atom. The van der Waals surface area contributed by atoms with Gasteiger partial charge in [0.15, 0.2) is 0 Å². The molecule has 26 heavy (non-hydrogen) atoms. The molecular weight excluding hydrogens is 348 g/mol. The lowest BCUT2D eigenvalue weighted by molar-refractivity contribution is -0.387. The van der Waals surface area contributed by atoms with Crippen molar-refractivity contribution in [3.05, 3.63) is 64.2 Å². The lowest BCUT2D eigenvalue weighted by Crippen LogP contribution is -2.28. The molecule has 1 heterocycles. The molecule has 0 aliphatic carbocycles. The highest BCUT2D eigenvalue weighted by Gasteiger charge is 2.36. The fourth-order valence-corrected chi connectivity index (χ4v) is 2.76. The second kappa shape index (κ2) is 6.87. The van der Waals surface area contributed by atoms with Crippen molar-refractivity contribution in [3.63, 3.8) is 0 Å². The number of nitrogens with one attached hydrogen (secondary N) is 1. The van der Waals surface area contributed by atoms with Crippen LogP contribution < -0.4 is 10.2 Å². The van der Waals surface area contributed by atoms with E-state index in [0.717, 1.165) is 12.1 Å². The average Bonchev–Trinajstić information content (AvgIpc) is 2.98. The number of para-hydroxylation sites is 1. The number of hydrogen-bond donors (Lipinski definition) is 1. The molecule has 0 saturated carbocycles. The minimum Gasteiger partial charge on any atom is -0.326 e. The third kappa shape index (κ3) is 3.37. The van der Waals surface area contributed by atoms with Crippen molar-refractivity contribution >= 4 is 28.9 Å². The van der Waals surface area contributed by atoms with Crippen molar-refractivity contribution in [2.45, 2.75) is 6.42 Å². The first kappa shape index (κ1) is 17.5. The van der Waals surface area contributed by atoms with Crippen molar-refractivity contribution in [3.8, 4) is 0 Å². The normalized spacial score (nSPS) is 16.6. The summed E-state index contributed by atoms with van der Waals surface area (Å²) >= 11 is 0. The molecule has 1 atom stereocenters. The molecule has 2 aromatic rings. The lowest BCUT2D eigenvalue weighted by Gasteiger charge is -2.17. The molecule has 0 aromatic heterocycles. The van der Waals surface area contributed by atoms with Crippen LogP contribution in [-0.4, -0.2) is 23.3 Å². The highest BCUT2D eigenvalue weighted by atomic mass is 19.1. The molecule has 1 unspecified atom stereocenters. The van der Waals surface area contributed by atoms with Crippen LogP contribution in [0.25, 0.3) is 0 Å². The predicted octanol–water partition coefficient (Wildman–Crippen LogP) is 2.86. The predicted molar refractivity (Wildman–Crippen MR) is 88.5 cm³/mol. The summed E-state index contributed by atoms with van der Waals surface area (Å²) in [6.45, 7) is -0.0190. The maximum absolute atomic E-state index is 13.9. The summed E-state index contributed by atoms with van der Waals surface area (Å²) in [6.07, 6.45) is -0.122. The molecule has 1 fully saturated rings. The first-order valence-electron chi connectivity index (χ1n) is 7.66. The Bertz CT molecular complexity index is 903. The third-order valence-corrected chi connectivity index (χ3v) is 4.05. The van der Waals surface area contributed by atoms with Crippen LogP contribution in [0.1, 0.15) is 6.42 Å². The molecule has 134 valence electrons. The highest BCUT2D eigenvalue weighted by molar-refractivity contribution is 6.03. The Balaban J connectivity index is 1.74. The maximum Gasteiger partial charge on any atom is 0.306 e. The van der Waals surface area contributed by atoms with E-state index in [9.17, 15) is 28.5 Å². The standard InChI is InChI=1S/C17H13F2N3O4/c18-12-3-1-2-4-14(12)21-9-10(7-16(21)23)17(24)20-11-5-6-13(19)15(8-11)22(25)26/h1-6,8,10H,7,9H2,(H,20,24). The Morgan fingerprint density at radius 3 is 2.62 bits per heavy atom. The molecule has 1 N–H and O–H groups in total. The molecule has 0 spiro atoms. The second-order valence-electron chi connectivity index (χ2n) is 5.77. The van der Waals surface area contributed by atoms with Crippen LogP contribution >= 0.6 is 0 Å². The summed E-state index contributed by atoms with van der Waals surface area (Å²) in [6, 6.07) is 8.69. The van der Waals surface area contributed by atoms with E-state index >= 15 is 0 Å². The molecule has 0 radical (unpaired) electrons. The number of nitro groups is 1. The van der Waals surface area contributed by atoms with E-state index in [-0.39, 0.29) is 24.3 Å². The number of rotatable bonds is 4. The quantitative estimate of drug-likeness (QED) is 0.669. The van der Waals surface area contributed by atoms with Crippen LogP contribution in [0.5, 0.6) is 0 Å². The van der Waals surface area contributed by atoms with Gasteiger partial charge in [-0.1, -0.05) is 12.1 Å². The molecule has 1 aliphatic heterocycles. The number of benzene rings is 2. The zero-order chi connectivity index (χ0) is 18.8. The molecule has 3 rings (SSSR count). The summed E-state index contributed by atoms with van der Waals surface area (Å²) in [5.74, 6) is -3.31. The van der Waals surface area contributed by atoms with Crippen molar-refractivity contribution in [1.82, 2.24) is 0 Å². The summed E-state index contributed by atoms with van der Waals surface area (Å²) < 4.78 is 27.2. The van der Waals surface area contributed by atoms with E-state index in [1.807, 2.05) is 0 Å². The van der Waals surface area contributed by atoms with E-state index in [1.54, 1.807) is 6.07 Å². The van der Waals surface area contributed by atoms with Gasteiger partial charge in [0.1, 0.15) is 5.82 Å². The number of hydrogen-bond acceptors (Lipinski definition) is 4. The summed E-state index contributed by atoms with van der Waals surface area (Å²) in [5.41, 5.74) is -0.636. The zero-order valence-electron chi connectivity index (χ0n) is 13.3. The fourth-order valence-electron chi connectivity index (χ4n) is 2.76. The van der Waals surface area contributed by atoms with Crippen molar-refractivity contribution in [2.24, 2.45) is 5.92 Å². The van der Waals surface area contributed by atoms with Crippen LogP contribution in [0.15, 0.2) is 42.5 Å². The van der Waals surface area contributed by atoms with Gasteiger partial charge >= 0.3 is 5.69 Å². The number of nitrogens with zero attached hydrogens (tertiary/aromatic N) is 2. The molecular formula is C17H13F2N3O4. The topological polar surface area (TPSA) is 92.5 Å². The zero-order valence-corrected chi connectivity index (χ0v) is 13.3. The van der Waals surface area contributed by atoms with Gasteiger partial charge in [0.05, 0.1) is 16.5 Å². The smallest absolute Gasteiger partial charge is 0.306 e. The van der Waals surface area contributed by atoms with E-state index in [2.05, 4.69) is 5.32 Å². The number of carbonyl (C=O) groups excluding carboxylic acids is 2. The van der Waals surface area contributed by atoms with Gasteiger partial charge in [-0.2, -0.15) is 4.39 Å². The van der Waals surface area contributed by atoms with E-state index in [4.69, 9.17) is 0 Å². The van der Waals surface area contributed by atoms with Crippen LogP contribution in [0.2, 0.25) is 0 Å². The van der Waals surface area contributed by atoms with Gasteiger partial charge in [-0.3, -0.25) is 19.7 Å².